The number of pyridine rings is 1. The van der Waals surface area contributed by atoms with Gasteiger partial charge in [-0.2, -0.15) is 5.10 Å². The third-order valence-electron chi connectivity index (χ3n) is 7.73. The lowest BCUT2D eigenvalue weighted by Gasteiger charge is -2.27. The molecule has 1 N–H and O–H groups in total. The van der Waals surface area contributed by atoms with Crippen molar-refractivity contribution in [2.75, 3.05) is 44.7 Å². The van der Waals surface area contributed by atoms with Gasteiger partial charge in [-0.05, 0) is 66.2 Å². The Morgan fingerprint density at radius 1 is 0.921 bits per heavy atom. The molecular weight excluding hydrogens is 472 g/mol. The first kappa shape index (κ1) is 24.8. The maximum absolute atomic E-state index is 5.53. The summed E-state index contributed by atoms with van der Waals surface area (Å²) in [5.41, 5.74) is 6.84. The summed E-state index contributed by atoms with van der Waals surface area (Å²) in [4.78, 5) is 9.62. The minimum absolute atomic E-state index is 0.792. The van der Waals surface area contributed by atoms with Crippen molar-refractivity contribution in [2.45, 2.75) is 25.9 Å². The normalized spacial score (nSPS) is 16.8. The van der Waals surface area contributed by atoms with Crippen LogP contribution >= 0.6 is 0 Å². The summed E-state index contributed by atoms with van der Waals surface area (Å²) in [7, 11) is 2.03. The number of morpholine rings is 1. The highest BCUT2D eigenvalue weighted by Gasteiger charge is 2.17. The second kappa shape index (κ2) is 11.1. The highest BCUT2D eigenvalue weighted by atomic mass is 16.5. The maximum Gasteiger partial charge on any atom is 0.130 e. The van der Waals surface area contributed by atoms with Crippen molar-refractivity contribution < 1.29 is 4.74 Å². The number of rotatable bonds is 8. The van der Waals surface area contributed by atoms with Crippen LogP contribution < -0.4 is 5.32 Å². The van der Waals surface area contributed by atoms with Gasteiger partial charge in [0.2, 0.25) is 0 Å². The number of ether oxygens (including phenoxy) is 1. The largest absolute Gasteiger partial charge is 0.379 e. The number of benzene rings is 2. The average molecular weight is 509 g/mol. The molecule has 38 heavy (non-hydrogen) atoms. The molecule has 2 aromatic heterocycles. The third kappa shape index (κ3) is 5.50. The topological polar surface area (TPSA) is 58.5 Å². The minimum Gasteiger partial charge on any atom is -0.379 e. The molecule has 2 aliphatic rings. The number of fused-ring (bicyclic) bond motifs is 1. The van der Waals surface area contributed by atoms with Crippen LogP contribution in [0.3, 0.4) is 0 Å². The molecule has 0 unspecified atom stereocenters. The van der Waals surface area contributed by atoms with Gasteiger partial charge in [0.15, 0.2) is 0 Å². The van der Waals surface area contributed by atoms with Gasteiger partial charge in [0.1, 0.15) is 5.82 Å². The Balaban J connectivity index is 1.21. The molecule has 2 saturated heterocycles. The number of anilines is 1. The molecule has 196 valence electrons. The Morgan fingerprint density at radius 3 is 2.58 bits per heavy atom. The highest BCUT2D eigenvalue weighted by Crippen LogP contribution is 2.29. The van der Waals surface area contributed by atoms with Crippen LogP contribution in [0.1, 0.15) is 29.7 Å². The van der Waals surface area contributed by atoms with E-state index < -0.39 is 0 Å². The first-order chi connectivity index (χ1) is 18.6. The fourth-order valence-corrected chi connectivity index (χ4v) is 5.52. The van der Waals surface area contributed by atoms with Crippen LogP contribution in [-0.2, 0) is 24.9 Å². The lowest BCUT2D eigenvalue weighted by Crippen LogP contribution is -2.36. The summed E-state index contributed by atoms with van der Waals surface area (Å²) in [5, 5.41) is 10.3. The minimum atomic E-state index is 0.792. The number of aryl methyl sites for hydroxylation is 1. The van der Waals surface area contributed by atoms with Crippen molar-refractivity contribution in [2.24, 2.45) is 7.05 Å². The van der Waals surface area contributed by atoms with Crippen LogP contribution in [0.5, 0.6) is 0 Å². The zero-order chi connectivity index (χ0) is 25.9. The molecule has 6 rings (SSSR count). The van der Waals surface area contributed by atoms with E-state index in [2.05, 4.69) is 80.3 Å². The van der Waals surface area contributed by atoms with E-state index >= 15 is 0 Å². The molecule has 0 aliphatic carbocycles. The van der Waals surface area contributed by atoms with E-state index in [1.165, 1.54) is 48.3 Å². The Labute approximate surface area is 224 Å². The standard InChI is InChI=1S/C31H36N6O/c1-23(25-7-5-6-24(16-25)21-36-10-3-4-11-36)34-31-18-28-17-26(8-9-27(28)19-32-31)29-20-33-35(2)30(29)22-37-12-14-38-15-13-37/h5-9,16-20H,1,3-4,10-15,21-22H2,2H3,(H,32,34). The molecule has 2 fully saturated rings. The molecule has 4 heterocycles. The molecule has 2 aromatic carbocycles. The van der Waals surface area contributed by atoms with Crippen LogP contribution in [0.4, 0.5) is 5.82 Å². The van der Waals surface area contributed by atoms with Crippen molar-refractivity contribution >= 4 is 22.3 Å². The Hall–Kier alpha value is -3.52. The van der Waals surface area contributed by atoms with E-state index in [0.29, 0.717) is 0 Å². The second-order valence-electron chi connectivity index (χ2n) is 10.4. The molecular formula is C31H36N6O. The molecule has 0 amide bonds. The van der Waals surface area contributed by atoms with E-state index in [4.69, 9.17) is 4.74 Å². The van der Waals surface area contributed by atoms with Crippen LogP contribution in [0.2, 0.25) is 0 Å². The maximum atomic E-state index is 5.53. The molecule has 2 aliphatic heterocycles. The Morgan fingerprint density at radius 2 is 1.74 bits per heavy atom. The molecule has 0 spiro atoms. The molecule has 7 heteroatoms. The fraction of sp³-hybridized carbons (Fsp3) is 0.355. The van der Waals surface area contributed by atoms with E-state index in [0.717, 1.165) is 67.2 Å². The first-order valence-electron chi connectivity index (χ1n) is 13.6. The van der Waals surface area contributed by atoms with Gasteiger partial charge in [-0.1, -0.05) is 36.9 Å². The van der Waals surface area contributed by atoms with Crippen LogP contribution in [-0.4, -0.2) is 64.0 Å². The molecule has 7 nitrogen and oxygen atoms in total. The zero-order valence-electron chi connectivity index (χ0n) is 22.2. The van der Waals surface area contributed by atoms with Gasteiger partial charge < -0.3 is 10.1 Å². The van der Waals surface area contributed by atoms with Gasteiger partial charge in [-0.15, -0.1) is 0 Å². The fourth-order valence-electron chi connectivity index (χ4n) is 5.52. The number of hydrogen-bond acceptors (Lipinski definition) is 6. The van der Waals surface area contributed by atoms with Gasteiger partial charge in [-0.3, -0.25) is 14.5 Å². The third-order valence-corrected chi connectivity index (χ3v) is 7.73. The van der Waals surface area contributed by atoms with Crippen molar-refractivity contribution in [3.8, 4) is 11.1 Å². The van der Waals surface area contributed by atoms with Crippen molar-refractivity contribution in [1.29, 1.82) is 0 Å². The quantitative estimate of drug-likeness (QED) is 0.355. The summed E-state index contributed by atoms with van der Waals surface area (Å²) in [5.74, 6) is 0.796. The zero-order valence-corrected chi connectivity index (χ0v) is 22.2. The van der Waals surface area contributed by atoms with Crippen molar-refractivity contribution in [3.63, 3.8) is 0 Å². The SMILES string of the molecule is C=C(Nc1cc2cc(-c3cnn(C)c3CN3CCOCC3)ccc2cn1)c1cccc(CN2CCCC2)c1. The Kier molecular flexibility index (Phi) is 7.22. The van der Waals surface area contributed by atoms with Gasteiger partial charge in [0, 0.05) is 56.1 Å². The van der Waals surface area contributed by atoms with Crippen molar-refractivity contribution in [3.05, 3.63) is 84.3 Å². The molecule has 0 atom stereocenters. The van der Waals surface area contributed by atoms with E-state index in [1.807, 2.05) is 24.1 Å². The van der Waals surface area contributed by atoms with Crippen LogP contribution in [0.25, 0.3) is 27.6 Å². The number of likely N-dealkylation sites (tertiary alicyclic amines) is 1. The van der Waals surface area contributed by atoms with Gasteiger partial charge >= 0.3 is 0 Å². The summed E-state index contributed by atoms with van der Waals surface area (Å²) < 4.78 is 7.52. The molecule has 0 saturated carbocycles. The summed E-state index contributed by atoms with van der Waals surface area (Å²) >= 11 is 0. The summed E-state index contributed by atoms with van der Waals surface area (Å²) in [6.07, 6.45) is 6.52. The van der Waals surface area contributed by atoms with Crippen LogP contribution in [0, 0.1) is 0 Å². The first-order valence-corrected chi connectivity index (χ1v) is 13.6. The van der Waals surface area contributed by atoms with E-state index in [9.17, 15) is 0 Å². The van der Waals surface area contributed by atoms with E-state index in [1.54, 1.807) is 0 Å². The van der Waals surface area contributed by atoms with E-state index in [-0.39, 0.29) is 0 Å². The number of hydrogen-bond donors (Lipinski definition) is 1. The van der Waals surface area contributed by atoms with Crippen molar-refractivity contribution in [1.82, 2.24) is 24.6 Å². The predicted molar refractivity (Wildman–Crippen MR) is 154 cm³/mol. The Bertz CT molecular complexity index is 1430. The van der Waals surface area contributed by atoms with Crippen LogP contribution in [0.15, 0.2) is 67.5 Å². The summed E-state index contributed by atoms with van der Waals surface area (Å²) in [6, 6.07) is 17.3. The van der Waals surface area contributed by atoms with Gasteiger partial charge in [0.25, 0.3) is 0 Å². The monoisotopic (exact) mass is 508 g/mol. The van der Waals surface area contributed by atoms with Gasteiger partial charge in [0.05, 0.1) is 25.1 Å². The molecule has 0 bridgehead atoms. The number of nitrogens with one attached hydrogen (secondary N) is 1. The average Bonchev–Trinajstić information content (AvgIpc) is 3.59. The lowest BCUT2D eigenvalue weighted by molar-refractivity contribution is 0.0332. The number of nitrogens with zero attached hydrogens (tertiary/aromatic N) is 5. The smallest absolute Gasteiger partial charge is 0.130 e. The highest BCUT2D eigenvalue weighted by molar-refractivity contribution is 5.89. The predicted octanol–water partition coefficient (Wildman–Crippen LogP) is 5.15. The lowest BCUT2D eigenvalue weighted by atomic mass is 10.0. The summed E-state index contributed by atoms with van der Waals surface area (Å²) in [6.45, 7) is 12.1. The number of aromatic nitrogens is 3. The van der Waals surface area contributed by atoms with Gasteiger partial charge in [-0.25, -0.2) is 4.98 Å². The molecule has 4 aromatic rings. The molecule has 0 radical (unpaired) electrons. The second-order valence-corrected chi connectivity index (χ2v) is 10.4.